The molecule has 1 unspecified atom stereocenters. The lowest BCUT2D eigenvalue weighted by molar-refractivity contribution is 0.0791. The fourth-order valence-corrected chi connectivity index (χ4v) is 4.92. The van der Waals surface area contributed by atoms with E-state index in [0.29, 0.717) is 36.7 Å². The van der Waals surface area contributed by atoms with Gasteiger partial charge in [-0.05, 0) is 67.9 Å². The second kappa shape index (κ2) is 9.95. The predicted molar refractivity (Wildman–Crippen MR) is 129 cm³/mol. The van der Waals surface area contributed by atoms with Crippen molar-refractivity contribution in [2.24, 2.45) is 0 Å². The fourth-order valence-electron chi connectivity index (χ4n) is 3.81. The highest BCUT2D eigenvalue weighted by atomic mass is 32.2. The Morgan fingerprint density at radius 2 is 1.76 bits per heavy atom. The largest absolute Gasteiger partial charge is 0.494 e. The van der Waals surface area contributed by atoms with Gasteiger partial charge in [-0.15, -0.1) is 0 Å². The molecule has 1 atom stereocenters. The molecular formula is C25H27N3O4S. The number of carbonyl (C=O) groups excluding carboxylic acids is 1. The molecule has 1 saturated heterocycles. The summed E-state index contributed by atoms with van der Waals surface area (Å²) in [5.41, 5.74) is 1.79. The molecule has 0 spiro atoms. The molecule has 1 aliphatic heterocycles. The Morgan fingerprint density at radius 1 is 1.00 bits per heavy atom. The molecule has 33 heavy (non-hydrogen) atoms. The molecule has 2 N–H and O–H groups in total. The summed E-state index contributed by atoms with van der Waals surface area (Å²) in [6, 6.07) is 22.9. The van der Waals surface area contributed by atoms with E-state index in [-0.39, 0.29) is 16.8 Å². The summed E-state index contributed by atoms with van der Waals surface area (Å²) in [6.45, 7) is 3.60. The first-order valence-corrected chi connectivity index (χ1v) is 12.4. The fraction of sp³-hybridized carbons (Fsp3) is 0.240. The van der Waals surface area contributed by atoms with Gasteiger partial charge in [-0.3, -0.25) is 9.52 Å². The smallest absolute Gasteiger partial charge is 0.261 e. The van der Waals surface area contributed by atoms with Gasteiger partial charge in [0.15, 0.2) is 0 Å². The Balaban J connectivity index is 1.43. The molecule has 1 amide bonds. The molecule has 0 aromatic heterocycles. The molecule has 0 radical (unpaired) electrons. The van der Waals surface area contributed by atoms with E-state index < -0.39 is 10.0 Å². The van der Waals surface area contributed by atoms with Crippen LogP contribution >= 0.6 is 0 Å². The van der Waals surface area contributed by atoms with Crippen molar-refractivity contribution >= 4 is 27.3 Å². The number of rotatable bonds is 8. The minimum Gasteiger partial charge on any atom is -0.494 e. The predicted octanol–water partition coefficient (Wildman–Crippen LogP) is 4.21. The Bertz CT molecular complexity index is 1200. The number of para-hydroxylation sites is 1. The summed E-state index contributed by atoms with van der Waals surface area (Å²) in [5, 5.41) is 3.44. The van der Waals surface area contributed by atoms with E-state index in [0.717, 1.165) is 12.1 Å². The number of ether oxygens (including phenoxy) is 1. The normalized spacial score (nSPS) is 15.8. The first kappa shape index (κ1) is 22.7. The zero-order chi connectivity index (χ0) is 23.3. The van der Waals surface area contributed by atoms with E-state index in [4.69, 9.17) is 4.74 Å². The lowest BCUT2D eigenvalue weighted by Crippen LogP contribution is -2.31. The minimum atomic E-state index is -3.84. The number of nitrogens with one attached hydrogen (secondary N) is 2. The van der Waals surface area contributed by atoms with Gasteiger partial charge in [0.25, 0.3) is 15.9 Å². The van der Waals surface area contributed by atoms with Gasteiger partial charge in [0.05, 0.1) is 11.5 Å². The van der Waals surface area contributed by atoms with Crippen molar-refractivity contribution in [1.82, 2.24) is 4.90 Å². The van der Waals surface area contributed by atoms with Gasteiger partial charge >= 0.3 is 0 Å². The Hall–Kier alpha value is -3.52. The summed E-state index contributed by atoms with van der Waals surface area (Å²) in [5.74, 6) is 0.490. The van der Waals surface area contributed by atoms with Gasteiger partial charge in [-0.1, -0.05) is 24.3 Å². The topological polar surface area (TPSA) is 87.7 Å². The van der Waals surface area contributed by atoms with E-state index in [2.05, 4.69) is 10.0 Å². The molecule has 172 valence electrons. The van der Waals surface area contributed by atoms with E-state index in [9.17, 15) is 13.2 Å². The number of hydrogen-bond acceptors (Lipinski definition) is 5. The van der Waals surface area contributed by atoms with Crippen LogP contribution < -0.4 is 14.8 Å². The molecular weight excluding hydrogens is 438 g/mol. The highest BCUT2D eigenvalue weighted by Gasteiger charge is 2.27. The van der Waals surface area contributed by atoms with E-state index in [1.807, 2.05) is 37.3 Å². The van der Waals surface area contributed by atoms with Crippen molar-refractivity contribution in [3.63, 3.8) is 0 Å². The van der Waals surface area contributed by atoms with E-state index >= 15 is 0 Å². The number of benzene rings is 3. The molecule has 3 aromatic carbocycles. The number of hydrogen-bond donors (Lipinski definition) is 2. The number of amides is 1. The number of nitrogens with zero attached hydrogens (tertiary/aromatic N) is 1. The van der Waals surface area contributed by atoms with Crippen LogP contribution in [-0.4, -0.2) is 45.0 Å². The Kier molecular flexibility index (Phi) is 6.84. The molecule has 1 fully saturated rings. The van der Waals surface area contributed by atoms with Gasteiger partial charge in [0.2, 0.25) is 0 Å². The van der Waals surface area contributed by atoms with Crippen LogP contribution in [-0.2, 0) is 10.0 Å². The van der Waals surface area contributed by atoms with Gasteiger partial charge in [0, 0.05) is 36.1 Å². The molecule has 1 heterocycles. The van der Waals surface area contributed by atoms with Crippen LogP contribution in [0.2, 0.25) is 0 Å². The zero-order valence-electron chi connectivity index (χ0n) is 18.4. The van der Waals surface area contributed by atoms with Crippen LogP contribution in [0.5, 0.6) is 5.75 Å². The molecule has 0 aliphatic carbocycles. The van der Waals surface area contributed by atoms with Gasteiger partial charge < -0.3 is 15.0 Å². The van der Waals surface area contributed by atoms with Crippen LogP contribution in [0.25, 0.3) is 0 Å². The van der Waals surface area contributed by atoms with Crippen molar-refractivity contribution in [3.8, 4) is 5.75 Å². The number of anilines is 2. The maximum Gasteiger partial charge on any atom is 0.261 e. The van der Waals surface area contributed by atoms with Crippen molar-refractivity contribution in [1.29, 1.82) is 0 Å². The number of carbonyl (C=O) groups is 1. The lowest BCUT2D eigenvalue weighted by atomic mass is 10.2. The average molecular weight is 466 g/mol. The monoisotopic (exact) mass is 465 g/mol. The van der Waals surface area contributed by atoms with Crippen molar-refractivity contribution in [3.05, 3.63) is 84.4 Å². The first-order valence-electron chi connectivity index (χ1n) is 10.9. The summed E-state index contributed by atoms with van der Waals surface area (Å²) in [6.07, 6.45) is 0.831. The third-order valence-corrected chi connectivity index (χ3v) is 6.81. The van der Waals surface area contributed by atoms with Crippen molar-refractivity contribution in [2.75, 3.05) is 29.7 Å². The van der Waals surface area contributed by atoms with E-state index in [1.165, 1.54) is 12.1 Å². The Morgan fingerprint density at radius 3 is 2.48 bits per heavy atom. The molecule has 8 heteroatoms. The molecule has 4 rings (SSSR count). The van der Waals surface area contributed by atoms with Gasteiger partial charge in [-0.2, -0.15) is 0 Å². The molecule has 0 bridgehead atoms. The SMILES string of the molecule is CCOc1ccc(NS(=O)(=O)c2cccc(C(=O)N3CCC(Nc4ccccc4)C3)c2)cc1. The zero-order valence-corrected chi connectivity index (χ0v) is 19.2. The summed E-state index contributed by atoms with van der Waals surface area (Å²) in [7, 11) is -3.84. The van der Waals surface area contributed by atoms with Crippen LogP contribution in [0.3, 0.4) is 0 Å². The van der Waals surface area contributed by atoms with Gasteiger partial charge in [-0.25, -0.2) is 8.42 Å². The summed E-state index contributed by atoms with van der Waals surface area (Å²) in [4.78, 5) is 14.8. The second-order valence-electron chi connectivity index (χ2n) is 7.84. The molecule has 1 aliphatic rings. The maximum absolute atomic E-state index is 13.1. The first-order chi connectivity index (χ1) is 15.9. The van der Waals surface area contributed by atoms with Crippen LogP contribution in [0.4, 0.5) is 11.4 Å². The summed E-state index contributed by atoms with van der Waals surface area (Å²) < 4.78 is 33.7. The van der Waals surface area contributed by atoms with Crippen molar-refractivity contribution in [2.45, 2.75) is 24.3 Å². The van der Waals surface area contributed by atoms with Crippen molar-refractivity contribution < 1.29 is 17.9 Å². The third kappa shape index (κ3) is 5.64. The second-order valence-corrected chi connectivity index (χ2v) is 9.52. The van der Waals surface area contributed by atoms with E-state index in [1.54, 1.807) is 41.3 Å². The van der Waals surface area contributed by atoms with Gasteiger partial charge in [0.1, 0.15) is 5.75 Å². The van der Waals surface area contributed by atoms with Crippen LogP contribution in [0.15, 0.2) is 83.8 Å². The lowest BCUT2D eigenvalue weighted by Gasteiger charge is -2.18. The quantitative estimate of drug-likeness (QED) is 0.520. The molecule has 7 nitrogen and oxygen atoms in total. The maximum atomic E-state index is 13.1. The molecule has 0 saturated carbocycles. The highest BCUT2D eigenvalue weighted by Crippen LogP contribution is 2.22. The number of sulfonamides is 1. The van der Waals surface area contributed by atoms with Crippen LogP contribution in [0, 0.1) is 0 Å². The Labute approximate surface area is 194 Å². The summed E-state index contributed by atoms with van der Waals surface area (Å²) >= 11 is 0. The number of likely N-dealkylation sites (tertiary alicyclic amines) is 1. The van der Waals surface area contributed by atoms with Crippen LogP contribution in [0.1, 0.15) is 23.7 Å². The average Bonchev–Trinajstić information content (AvgIpc) is 3.29. The third-order valence-electron chi connectivity index (χ3n) is 5.43. The highest BCUT2D eigenvalue weighted by molar-refractivity contribution is 7.92. The minimum absolute atomic E-state index is 0.0420. The standard InChI is InChI=1S/C25H27N3O4S/c1-2-32-23-13-11-21(12-14-23)27-33(30,31)24-10-6-7-19(17-24)25(29)28-16-15-22(18-28)26-20-8-4-3-5-9-20/h3-14,17,22,26-27H,2,15-16,18H2,1H3. The molecule has 3 aromatic rings.